The van der Waals surface area contributed by atoms with Crippen molar-refractivity contribution < 1.29 is 0 Å². The minimum atomic E-state index is 0.654. The zero-order chi connectivity index (χ0) is 31.0. The fourth-order valence-electron chi connectivity index (χ4n) is 7.21. The Hall–Kier alpha value is -5.59. The molecule has 0 atom stereocenters. The summed E-state index contributed by atoms with van der Waals surface area (Å²) in [4.78, 5) is 0. The van der Waals surface area contributed by atoms with Gasteiger partial charge in [0.25, 0.3) is 0 Å². The third kappa shape index (κ3) is 4.10. The number of hydrogen-bond donors (Lipinski definition) is 0. The van der Waals surface area contributed by atoms with Gasteiger partial charge in [0.2, 0.25) is 0 Å². The van der Waals surface area contributed by atoms with Crippen LogP contribution in [0.15, 0.2) is 109 Å². The van der Waals surface area contributed by atoms with Gasteiger partial charge in [-0.15, -0.1) is 0 Å². The topological polar surface area (TPSA) is 33.6 Å². The Kier molecular flexibility index (Phi) is 5.98. The van der Waals surface area contributed by atoms with Crippen LogP contribution in [0, 0.1) is 45.9 Å². The number of nitriles is 1. The van der Waals surface area contributed by atoms with Crippen LogP contribution < -0.4 is 0 Å². The smallest absolute Gasteiger partial charge is 0.0991 e. The van der Waals surface area contributed by atoms with Crippen LogP contribution in [0.5, 0.6) is 0 Å². The maximum Gasteiger partial charge on any atom is 0.0991 e. The van der Waals surface area contributed by atoms with E-state index in [4.69, 9.17) is 0 Å². The van der Waals surface area contributed by atoms with E-state index in [1.54, 1.807) is 0 Å². The lowest BCUT2D eigenvalue weighted by molar-refractivity contribution is 1.09. The number of benzene rings is 6. The van der Waals surface area contributed by atoms with Crippen molar-refractivity contribution in [2.24, 2.45) is 0 Å². The summed E-state index contributed by atoms with van der Waals surface area (Å²) in [6.07, 6.45) is 0. The molecule has 0 unspecified atom stereocenters. The first-order valence-corrected chi connectivity index (χ1v) is 15.5. The quantitative estimate of drug-likeness (QED) is 0.205. The Morgan fingerprint density at radius 2 is 0.956 bits per heavy atom. The van der Waals surface area contributed by atoms with Crippen LogP contribution in [-0.4, -0.2) is 9.13 Å². The van der Waals surface area contributed by atoms with Crippen LogP contribution in [0.1, 0.15) is 33.4 Å². The van der Waals surface area contributed by atoms with Gasteiger partial charge in [0, 0.05) is 27.1 Å². The molecule has 0 fully saturated rings. The van der Waals surface area contributed by atoms with Gasteiger partial charge in [-0.2, -0.15) is 5.26 Å². The molecule has 0 aliphatic carbocycles. The Balaban J connectivity index is 1.55. The highest BCUT2D eigenvalue weighted by Gasteiger charge is 2.22. The van der Waals surface area contributed by atoms with Crippen molar-refractivity contribution in [3.8, 4) is 28.6 Å². The Bertz CT molecular complexity index is 2430. The molecule has 0 saturated heterocycles. The lowest BCUT2D eigenvalue weighted by atomic mass is 9.97. The predicted molar refractivity (Wildman–Crippen MR) is 189 cm³/mol. The number of aromatic nitrogens is 2. The second kappa shape index (κ2) is 9.97. The van der Waals surface area contributed by atoms with Gasteiger partial charge in [-0.25, -0.2) is 0 Å². The third-order valence-electron chi connectivity index (χ3n) is 9.32. The van der Waals surface area contributed by atoms with Gasteiger partial charge in [-0.05, 0) is 112 Å². The van der Waals surface area contributed by atoms with Gasteiger partial charge < -0.3 is 9.13 Å². The number of fused-ring (bicyclic) bond motifs is 6. The molecular weight excluding hydrogens is 546 g/mol. The summed E-state index contributed by atoms with van der Waals surface area (Å²) < 4.78 is 4.87. The van der Waals surface area contributed by atoms with Crippen LogP contribution in [-0.2, 0) is 0 Å². The number of hydrogen-bond acceptors (Lipinski definition) is 1. The summed E-state index contributed by atoms with van der Waals surface area (Å²) in [5, 5.41) is 14.8. The maximum absolute atomic E-state index is 9.80. The summed E-state index contributed by atoms with van der Waals surface area (Å²) >= 11 is 0. The fourth-order valence-corrected chi connectivity index (χ4v) is 7.21. The van der Waals surface area contributed by atoms with E-state index in [-0.39, 0.29) is 0 Å². The van der Waals surface area contributed by atoms with Crippen LogP contribution in [0.25, 0.3) is 66.1 Å². The summed E-state index contributed by atoms with van der Waals surface area (Å²) in [6.45, 7) is 10.9. The van der Waals surface area contributed by atoms with Crippen molar-refractivity contribution >= 4 is 43.6 Å². The molecule has 8 rings (SSSR count). The first kappa shape index (κ1) is 27.0. The van der Waals surface area contributed by atoms with Crippen LogP contribution >= 0.6 is 0 Å². The zero-order valence-corrected chi connectivity index (χ0v) is 26.2. The monoisotopic (exact) mass is 579 g/mol. The molecule has 0 amide bonds. The molecule has 0 aliphatic rings. The van der Waals surface area contributed by atoms with Gasteiger partial charge in [-0.1, -0.05) is 64.7 Å². The maximum atomic E-state index is 9.80. The molecule has 0 N–H and O–H groups in total. The lowest BCUT2D eigenvalue weighted by Gasteiger charge is -2.21. The van der Waals surface area contributed by atoms with E-state index < -0.39 is 0 Å². The third-order valence-corrected chi connectivity index (χ3v) is 9.32. The molecule has 2 heterocycles. The Morgan fingerprint density at radius 1 is 0.489 bits per heavy atom. The average Bonchev–Trinajstić information content (AvgIpc) is 3.51. The van der Waals surface area contributed by atoms with Crippen molar-refractivity contribution in [1.82, 2.24) is 9.13 Å². The van der Waals surface area contributed by atoms with E-state index in [0.29, 0.717) is 5.56 Å². The highest BCUT2D eigenvalue weighted by atomic mass is 15.0. The molecule has 0 aliphatic heterocycles. The van der Waals surface area contributed by atoms with Crippen molar-refractivity contribution in [2.75, 3.05) is 0 Å². The first-order chi connectivity index (χ1) is 21.8. The normalized spacial score (nSPS) is 11.6. The number of rotatable bonds is 3. The molecule has 3 heteroatoms. The molecule has 6 aromatic carbocycles. The second-order valence-electron chi connectivity index (χ2n) is 12.6. The lowest BCUT2D eigenvalue weighted by Crippen LogP contribution is -2.06. The molecule has 2 aromatic heterocycles. The molecule has 216 valence electrons. The van der Waals surface area contributed by atoms with E-state index in [9.17, 15) is 5.26 Å². The summed E-state index contributed by atoms with van der Waals surface area (Å²) in [7, 11) is 0. The molecule has 45 heavy (non-hydrogen) atoms. The first-order valence-electron chi connectivity index (χ1n) is 15.5. The van der Waals surface area contributed by atoms with Crippen molar-refractivity contribution in [1.29, 1.82) is 5.26 Å². The molecule has 3 nitrogen and oxygen atoms in total. The SMILES string of the molecule is Cc1ccc2c(c1)c1cc(C)ccc1n2-c1ccc(-c2cccc(C#N)c2)c(-n2c3ccc(C)cc3c3cc(C)ccc32)c1C. The standard InChI is InChI=1S/C42H33N3/c1-25-9-14-38-33(19-25)34-20-26(2)10-15-39(34)44(38)37-18-13-32(31-8-6-7-30(23-31)24-43)42(29(37)5)45-40-16-11-27(3)21-35(40)36-22-28(4)12-17-41(36)45/h6-23H,1-5H3. The van der Waals surface area contributed by atoms with Gasteiger partial charge in [0.1, 0.15) is 0 Å². The zero-order valence-electron chi connectivity index (χ0n) is 26.2. The van der Waals surface area contributed by atoms with Crippen molar-refractivity contribution in [2.45, 2.75) is 34.6 Å². The van der Waals surface area contributed by atoms with Gasteiger partial charge in [0.05, 0.1) is 45.1 Å². The average molecular weight is 580 g/mol. The summed E-state index contributed by atoms with van der Waals surface area (Å²) in [5.41, 5.74) is 16.0. The second-order valence-corrected chi connectivity index (χ2v) is 12.6. The Morgan fingerprint density at radius 3 is 1.42 bits per heavy atom. The molecule has 0 bridgehead atoms. The van der Waals surface area contributed by atoms with E-state index in [1.165, 1.54) is 71.4 Å². The fraction of sp³-hybridized carbons (Fsp3) is 0.119. The van der Waals surface area contributed by atoms with Crippen molar-refractivity contribution in [3.05, 3.63) is 143 Å². The van der Waals surface area contributed by atoms with Crippen molar-refractivity contribution in [3.63, 3.8) is 0 Å². The number of aryl methyl sites for hydroxylation is 4. The minimum absolute atomic E-state index is 0.654. The molecule has 8 aromatic rings. The molecular formula is C42H33N3. The minimum Gasteiger partial charge on any atom is -0.309 e. The largest absolute Gasteiger partial charge is 0.309 e. The van der Waals surface area contributed by atoms with E-state index >= 15 is 0 Å². The van der Waals surface area contributed by atoms with Crippen LogP contribution in [0.2, 0.25) is 0 Å². The summed E-state index contributed by atoms with van der Waals surface area (Å²) in [6, 6.07) is 41.9. The summed E-state index contributed by atoms with van der Waals surface area (Å²) in [5.74, 6) is 0. The van der Waals surface area contributed by atoms with Gasteiger partial charge in [-0.3, -0.25) is 0 Å². The highest BCUT2D eigenvalue weighted by Crippen LogP contribution is 2.42. The number of nitrogens with zero attached hydrogens (tertiary/aromatic N) is 3. The highest BCUT2D eigenvalue weighted by molar-refractivity contribution is 6.12. The van der Waals surface area contributed by atoms with Gasteiger partial charge >= 0.3 is 0 Å². The molecule has 0 saturated carbocycles. The Labute approximate surface area is 263 Å². The van der Waals surface area contributed by atoms with Crippen LogP contribution in [0.4, 0.5) is 0 Å². The molecule has 0 spiro atoms. The van der Waals surface area contributed by atoms with E-state index in [0.717, 1.165) is 22.5 Å². The predicted octanol–water partition coefficient (Wildman–Crippen LogP) is 11.0. The van der Waals surface area contributed by atoms with E-state index in [1.807, 2.05) is 18.2 Å². The van der Waals surface area contributed by atoms with E-state index in [2.05, 4.69) is 141 Å². The molecule has 0 radical (unpaired) electrons. The van der Waals surface area contributed by atoms with Crippen LogP contribution in [0.3, 0.4) is 0 Å². The van der Waals surface area contributed by atoms with Gasteiger partial charge in [0.15, 0.2) is 0 Å².